The predicted octanol–water partition coefficient (Wildman–Crippen LogP) is 4.41. The molecule has 2 heteroatoms. The first kappa shape index (κ1) is 13.0. The van der Waals surface area contributed by atoms with E-state index in [1.807, 2.05) is 13.0 Å². The van der Waals surface area contributed by atoms with Crippen molar-refractivity contribution in [2.75, 3.05) is 11.9 Å². The van der Waals surface area contributed by atoms with E-state index in [9.17, 15) is 0 Å². The molecule has 0 bridgehead atoms. The molecule has 0 radical (unpaired) electrons. The van der Waals surface area contributed by atoms with Crippen molar-refractivity contribution in [3.8, 4) is 5.75 Å². The number of benzene rings is 2. The van der Waals surface area contributed by atoms with E-state index in [1.165, 1.54) is 27.9 Å². The van der Waals surface area contributed by atoms with Crippen LogP contribution in [0.15, 0.2) is 36.4 Å². The van der Waals surface area contributed by atoms with Crippen molar-refractivity contribution in [2.45, 2.75) is 33.2 Å². The number of ether oxygens (including phenoxy) is 1. The summed E-state index contributed by atoms with van der Waals surface area (Å²) in [4.78, 5) is 0. The first-order valence-corrected chi connectivity index (χ1v) is 7.27. The van der Waals surface area contributed by atoms with Crippen molar-refractivity contribution in [1.82, 2.24) is 0 Å². The Labute approximate surface area is 120 Å². The van der Waals surface area contributed by atoms with Crippen molar-refractivity contribution < 1.29 is 4.74 Å². The molecule has 1 aliphatic heterocycles. The highest BCUT2D eigenvalue weighted by atomic mass is 16.5. The van der Waals surface area contributed by atoms with Crippen LogP contribution in [0.5, 0.6) is 5.75 Å². The normalized spacial score (nSPS) is 16.6. The predicted molar refractivity (Wildman–Crippen MR) is 83.6 cm³/mol. The largest absolute Gasteiger partial charge is 0.494 e. The van der Waals surface area contributed by atoms with Crippen molar-refractivity contribution in [1.29, 1.82) is 0 Å². The summed E-state index contributed by atoms with van der Waals surface area (Å²) in [5.41, 5.74) is 6.63. The molecule has 0 spiro atoms. The Morgan fingerprint density at radius 3 is 2.80 bits per heavy atom. The SMILES string of the molecule is CCOc1ccccc1C1Cc2cc(C)cc(C)c2N1. The highest BCUT2D eigenvalue weighted by Gasteiger charge is 2.25. The monoisotopic (exact) mass is 267 g/mol. The van der Waals surface area contributed by atoms with Crippen LogP contribution < -0.4 is 10.1 Å². The quantitative estimate of drug-likeness (QED) is 0.889. The zero-order valence-electron chi connectivity index (χ0n) is 12.4. The lowest BCUT2D eigenvalue weighted by Crippen LogP contribution is -2.08. The van der Waals surface area contributed by atoms with Gasteiger partial charge in [-0.05, 0) is 44.4 Å². The van der Waals surface area contributed by atoms with Crippen LogP contribution in [0.2, 0.25) is 0 Å². The van der Waals surface area contributed by atoms with Gasteiger partial charge in [0.05, 0.1) is 12.6 Å². The highest BCUT2D eigenvalue weighted by molar-refractivity contribution is 5.64. The minimum absolute atomic E-state index is 0.313. The van der Waals surface area contributed by atoms with Crippen LogP contribution in [-0.4, -0.2) is 6.61 Å². The molecule has 1 heterocycles. The third-order valence-electron chi connectivity index (χ3n) is 3.90. The van der Waals surface area contributed by atoms with Crippen LogP contribution in [0.25, 0.3) is 0 Å². The number of hydrogen-bond acceptors (Lipinski definition) is 2. The lowest BCUT2D eigenvalue weighted by Gasteiger charge is -2.16. The number of anilines is 1. The number of fused-ring (bicyclic) bond motifs is 1. The minimum Gasteiger partial charge on any atom is -0.494 e. The fourth-order valence-corrected chi connectivity index (χ4v) is 3.11. The summed E-state index contributed by atoms with van der Waals surface area (Å²) < 4.78 is 5.76. The molecule has 0 saturated carbocycles. The summed E-state index contributed by atoms with van der Waals surface area (Å²) in [6.45, 7) is 7.07. The maximum absolute atomic E-state index is 5.76. The second-order valence-corrected chi connectivity index (χ2v) is 5.49. The van der Waals surface area contributed by atoms with Gasteiger partial charge in [0, 0.05) is 11.3 Å². The maximum atomic E-state index is 5.76. The molecular weight excluding hydrogens is 246 g/mol. The molecule has 3 rings (SSSR count). The van der Waals surface area contributed by atoms with Gasteiger partial charge in [-0.2, -0.15) is 0 Å². The number of nitrogens with one attached hydrogen (secondary N) is 1. The maximum Gasteiger partial charge on any atom is 0.124 e. The second-order valence-electron chi connectivity index (χ2n) is 5.49. The molecule has 1 N–H and O–H groups in total. The average Bonchev–Trinajstić information content (AvgIpc) is 2.83. The van der Waals surface area contributed by atoms with Crippen molar-refractivity contribution in [3.05, 3.63) is 58.7 Å². The summed E-state index contributed by atoms with van der Waals surface area (Å²) in [5.74, 6) is 0.995. The average molecular weight is 267 g/mol. The van der Waals surface area contributed by atoms with Crippen LogP contribution in [-0.2, 0) is 6.42 Å². The van der Waals surface area contributed by atoms with Crippen LogP contribution in [0.3, 0.4) is 0 Å². The molecule has 0 aliphatic carbocycles. The van der Waals surface area contributed by atoms with Gasteiger partial charge in [-0.25, -0.2) is 0 Å². The molecule has 0 amide bonds. The lowest BCUT2D eigenvalue weighted by atomic mass is 10.00. The van der Waals surface area contributed by atoms with Crippen molar-refractivity contribution in [3.63, 3.8) is 0 Å². The van der Waals surface area contributed by atoms with Gasteiger partial charge in [-0.15, -0.1) is 0 Å². The molecule has 2 nitrogen and oxygen atoms in total. The summed E-state index contributed by atoms with van der Waals surface area (Å²) in [5, 5.41) is 3.67. The highest BCUT2D eigenvalue weighted by Crippen LogP contribution is 2.39. The number of hydrogen-bond donors (Lipinski definition) is 1. The van der Waals surface area contributed by atoms with E-state index >= 15 is 0 Å². The third kappa shape index (κ3) is 2.26. The Kier molecular flexibility index (Phi) is 3.39. The summed E-state index contributed by atoms with van der Waals surface area (Å²) in [7, 11) is 0. The molecule has 0 aromatic heterocycles. The van der Waals surface area contributed by atoms with Crippen LogP contribution >= 0.6 is 0 Å². The fraction of sp³-hybridized carbons (Fsp3) is 0.333. The molecule has 1 unspecified atom stereocenters. The van der Waals surface area contributed by atoms with Crippen molar-refractivity contribution in [2.24, 2.45) is 0 Å². The van der Waals surface area contributed by atoms with Gasteiger partial charge in [0.2, 0.25) is 0 Å². The molecule has 0 fully saturated rings. The zero-order chi connectivity index (χ0) is 14.1. The lowest BCUT2D eigenvalue weighted by molar-refractivity contribution is 0.335. The molecule has 20 heavy (non-hydrogen) atoms. The third-order valence-corrected chi connectivity index (χ3v) is 3.90. The molecule has 2 aromatic carbocycles. The molecule has 0 saturated heterocycles. The van der Waals surface area contributed by atoms with E-state index in [1.54, 1.807) is 0 Å². The Balaban J connectivity index is 1.94. The number of rotatable bonds is 3. The van der Waals surface area contributed by atoms with Gasteiger partial charge in [0.15, 0.2) is 0 Å². The van der Waals surface area contributed by atoms with Gasteiger partial charge in [-0.3, -0.25) is 0 Å². The van der Waals surface area contributed by atoms with Gasteiger partial charge in [0.1, 0.15) is 5.75 Å². The summed E-state index contributed by atoms with van der Waals surface area (Å²) >= 11 is 0. The molecule has 2 aromatic rings. The Hall–Kier alpha value is -1.96. The van der Waals surface area contributed by atoms with Gasteiger partial charge >= 0.3 is 0 Å². The standard InChI is InChI=1S/C18H21NO/c1-4-20-17-8-6-5-7-15(17)16-11-14-10-12(2)9-13(3)18(14)19-16/h5-10,16,19H,4,11H2,1-3H3. The topological polar surface area (TPSA) is 21.3 Å². The first-order chi connectivity index (χ1) is 9.69. The minimum atomic E-state index is 0.313. The first-order valence-electron chi connectivity index (χ1n) is 7.27. The fourth-order valence-electron chi connectivity index (χ4n) is 3.11. The van der Waals surface area contributed by atoms with Gasteiger partial charge in [-0.1, -0.05) is 35.9 Å². The number of para-hydroxylation sites is 1. The zero-order valence-corrected chi connectivity index (χ0v) is 12.4. The van der Waals surface area contributed by atoms with Crippen LogP contribution in [0.1, 0.15) is 35.2 Å². The van der Waals surface area contributed by atoms with Gasteiger partial charge < -0.3 is 10.1 Å². The van der Waals surface area contributed by atoms with E-state index in [0.29, 0.717) is 12.6 Å². The Bertz CT molecular complexity index is 633. The molecular formula is C18H21NO. The Morgan fingerprint density at radius 2 is 2.00 bits per heavy atom. The number of aryl methyl sites for hydroxylation is 2. The summed E-state index contributed by atoms with van der Waals surface area (Å²) in [6.07, 6.45) is 1.03. The van der Waals surface area contributed by atoms with E-state index in [-0.39, 0.29) is 0 Å². The molecule has 1 atom stereocenters. The van der Waals surface area contributed by atoms with E-state index < -0.39 is 0 Å². The van der Waals surface area contributed by atoms with Crippen LogP contribution in [0, 0.1) is 13.8 Å². The second kappa shape index (κ2) is 5.20. The van der Waals surface area contributed by atoms with E-state index in [4.69, 9.17) is 4.74 Å². The van der Waals surface area contributed by atoms with Gasteiger partial charge in [0.25, 0.3) is 0 Å². The van der Waals surface area contributed by atoms with Crippen molar-refractivity contribution >= 4 is 5.69 Å². The smallest absolute Gasteiger partial charge is 0.124 e. The van der Waals surface area contributed by atoms with E-state index in [0.717, 1.165) is 12.2 Å². The molecule has 104 valence electrons. The summed E-state index contributed by atoms with van der Waals surface area (Å²) in [6, 6.07) is 13.2. The molecule has 1 aliphatic rings. The van der Waals surface area contributed by atoms with E-state index in [2.05, 4.69) is 49.5 Å². The Morgan fingerprint density at radius 1 is 1.20 bits per heavy atom. The van der Waals surface area contributed by atoms with Crippen LogP contribution in [0.4, 0.5) is 5.69 Å².